The number of halogens is 1. The topological polar surface area (TPSA) is 45.4 Å². The largest absolute Gasteiger partial charge is 0.494 e. The molecule has 13 heavy (non-hydrogen) atoms. The van der Waals surface area contributed by atoms with Crippen molar-refractivity contribution in [2.24, 2.45) is 5.11 Å². The van der Waals surface area contributed by atoms with Gasteiger partial charge >= 0.3 is 0 Å². The van der Waals surface area contributed by atoms with E-state index >= 15 is 0 Å². The van der Waals surface area contributed by atoms with Gasteiger partial charge in [0.1, 0.15) is 0 Å². The molecule has 3 nitrogen and oxygen atoms in total. The lowest BCUT2D eigenvalue weighted by molar-refractivity contribution is 0.386. The van der Waals surface area contributed by atoms with E-state index in [-0.39, 0.29) is 11.8 Å². The molecular weight excluding hydrogens is 171 g/mol. The van der Waals surface area contributed by atoms with Crippen molar-refractivity contribution in [2.75, 3.05) is 7.11 Å². The smallest absolute Gasteiger partial charge is 0.165 e. The number of hydrogen-bond acceptors (Lipinski definition) is 3. The third-order valence-electron chi connectivity index (χ3n) is 1.85. The zero-order valence-electron chi connectivity index (χ0n) is 7.54. The van der Waals surface area contributed by atoms with Gasteiger partial charge in [-0.15, -0.1) is 0 Å². The quantitative estimate of drug-likeness (QED) is 0.717. The fraction of sp³-hybridized carbons (Fsp3) is 0.333. The molecule has 1 aromatic carbocycles. The number of ether oxygens (including phenoxy) is 1. The standard InChI is InChI=1S/C9H11FN2O/c1-6(12-11)7-3-4-9(13-2)8(10)5-7/h3-6,11H,1-2H3. The van der Waals surface area contributed by atoms with Gasteiger partial charge < -0.3 is 4.74 Å². The molecule has 0 aromatic heterocycles. The Bertz CT molecular complexity index is 314. The Morgan fingerprint density at radius 3 is 2.69 bits per heavy atom. The molecule has 4 heteroatoms. The zero-order chi connectivity index (χ0) is 9.84. The summed E-state index contributed by atoms with van der Waals surface area (Å²) in [4.78, 5) is 0. The average Bonchev–Trinajstić information content (AvgIpc) is 2.16. The summed E-state index contributed by atoms with van der Waals surface area (Å²) in [6.45, 7) is 1.73. The van der Waals surface area contributed by atoms with Gasteiger partial charge in [-0.05, 0) is 24.6 Å². The second kappa shape index (κ2) is 3.98. The highest BCUT2D eigenvalue weighted by molar-refractivity contribution is 5.30. The highest BCUT2D eigenvalue weighted by atomic mass is 19.1. The van der Waals surface area contributed by atoms with Crippen LogP contribution in [0.5, 0.6) is 5.75 Å². The fourth-order valence-corrected chi connectivity index (χ4v) is 1.02. The van der Waals surface area contributed by atoms with Crippen LogP contribution in [0.15, 0.2) is 23.3 Å². The summed E-state index contributed by atoms with van der Waals surface area (Å²) in [6.07, 6.45) is 0. The molecule has 1 unspecified atom stereocenters. The minimum Gasteiger partial charge on any atom is -0.494 e. The molecule has 1 N–H and O–H groups in total. The second-order valence-electron chi connectivity index (χ2n) is 2.70. The summed E-state index contributed by atoms with van der Waals surface area (Å²) in [7, 11) is 1.41. The van der Waals surface area contributed by atoms with Crippen molar-refractivity contribution < 1.29 is 9.13 Å². The summed E-state index contributed by atoms with van der Waals surface area (Å²) in [5, 5.41) is 3.30. The highest BCUT2D eigenvalue weighted by Crippen LogP contribution is 2.23. The van der Waals surface area contributed by atoms with Gasteiger partial charge in [-0.1, -0.05) is 6.07 Å². The van der Waals surface area contributed by atoms with E-state index in [1.165, 1.54) is 19.2 Å². The Morgan fingerprint density at radius 1 is 1.54 bits per heavy atom. The number of methoxy groups -OCH3 is 1. The van der Waals surface area contributed by atoms with Gasteiger partial charge in [-0.2, -0.15) is 5.11 Å². The number of hydrogen-bond donors (Lipinski definition) is 1. The van der Waals surface area contributed by atoms with E-state index in [1.54, 1.807) is 13.0 Å². The average molecular weight is 182 g/mol. The van der Waals surface area contributed by atoms with Crippen molar-refractivity contribution in [1.29, 1.82) is 5.53 Å². The first-order valence-electron chi connectivity index (χ1n) is 3.89. The first-order valence-corrected chi connectivity index (χ1v) is 3.89. The Morgan fingerprint density at radius 2 is 2.23 bits per heavy atom. The first kappa shape index (κ1) is 9.64. The van der Waals surface area contributed by atoms with E-state index in [4.69, 9.17) is 10.3 Å². The van der Waals surface area contributed by atoms with Gasteiger partial charge in [0.25, 0.3) is 0 Å². The molecule has 0 saturated carbocycles. The van der Waals surface area contributed by atoms with E-state index < -0.39 is 5.82 Å². The van der Waals surface area contributed by atoms with E-state index in [0.717, 1.165) is 0 Å². The molecule has 1 atom stereocenters. The number of rotatable bonds is 3. The molecule has 70 valence electrons. The molecule has 0 spiro atoms. The predicted molar refractivity (Wildman–Crippen MR) is 46.5 cm³/mol. The Kier molecular flexibility index (Phi) is 2.95. The van der Waals surface area contributed by atoms with Gasteiger partial charge in [0, 0.05) is 0 Å². The monoisotopic (exact) mass is 182 g/mol. The van der Waals surface area contributed by atoms with Crippen LogP contribution in [0.2, 0.25) is 0 Å². The van der Waals surface area contributed by atoms with Crippen LogP contribution in [0.25, 0.3) is 0 Å². The minimum absolute atomic E-state index is 0.209. The molecule has 1 rings (SSSR count). The molecule has 1 aromatic rings. The van der Waals surface area contributed by atoms with Crippen molar-refractivity contribution in [3.8, 4) is 5.75 Å². The summed E-state index contributed by atoms with van der Waals surface area (Å²) in [6, 6.07) is 4.26. The molecule has 0 amide bonds. The van der Waals surface area contributed by atoms with Crippen molar-refractivity contribution in [2.45, 2.75) is 13.0 Å². The summed E-state index contributed by atoms with van der Waals surface area (Å²) < 4.78 is 17.9. The van der Waals surface area contributed by atoms with Crippen LogP contribution in [0.3, 0.4) is 0 Å². The van der Waals surface area contributed by atoms with Crippen LogP contribution < -0.4 is 4.74 Å². The van der Waals surface area contributed by atoms with Crippen LogP contribution in [-0.4, -0.2) is 7.11 Å². The van der Waals surface area contributed by atoms with Gasteiger partial charge in [0.2, 0.25) is 0 Å². The van der Waals surface area contributed by atoms with Gasteiger partial charge in [-0.25, -0.2) is 9.92 Å². The first-order chi connectivity index (χ1) is 6.19. The SMILES string of the molecule is COc1ccc(C(C)N=N)cc1F. The summed E-state index contributed by atoms with van der Waals surface area (Å²) >= 11 is 0. The Balaban J connectivity index is 3.02. The van der Waals surface area contributed by atoms with Crippen molar-refractivity contribution in [3.63, 3.8) is 0 Å². The van der Waals surface area contributed by atoms with Crippen LogP contribution in [0.4, 0.5) is 4.39 Å². The lowest BCUT2D eigenvalue weighted by Gasteiger charge is -2.06. The number of benzene rings is 1. The van der Waals surface area contributed by atoms with Gasteiger partial charge in [0.15, 0.2) is 11.6 Å². The molecule has 0 bridgehead atoms. The fourth-order valence-electron chi connectivity index (χ4n) is 1.02. The number of nitrogens with one attached hydrogen (secondary N) is 1. The maximum atomic E-state index is 13.1. The van der Waals surface area contributed by atoms with Crippen LogP contribution >= 0.6 is 0 Å². The van der Waals surface area contributed by atoms with E-state index in [1.807, 2.05) is 0 Å². The summed E-state index contributed by atoms with van der Waals surface area (Å²) in [5.74, 6) is -0.212. The molecule has 0 aliphatic heterocycles. The van der Waals surface area contributed by atoms with Crippen molar-refractivity contribution >= 4 is 0 Å². The molecule has 0 heterocycles. The highest BCUT2D eigenvalue weighted by Gasteiger charge is 2.07. The van der Waals surface area contributed by atoms with Gasteiger partial charge in [-0.3, -0.25) is 0 Å². The normalized spacial score (nSPS) is 12.2. The summed E-state index contributed by atoms with van der Waals surface area (Å²) in [5.41, 5.74) is 7.46. The number of nitrogens with zero attached hydrogens (tertiary/aromatic N) is 1. The minimum atomic E-state index is -0.421. The molecule has 0 fully saturated rings. The third-order valence-corrected chi connectivity index (χ3v) is 1.85. The van der Waals surface area contributed by atoms with E-state index in [2.05, 4.69) is 5.11 Å². The molecule has 0 radical (unpaired) electrons. The lowest BCUT2D eigenvalue weighted by Crippen LogP contribution is -1.93. The lowest BCUT2D eigenvalue weighted by atomic mass is 10.1. The molecule has 0 aliphatic carbocycles. The van der Waals surface area contributed by atoms with E-state index in [9.17, 15) is 4.39 Å². The maximum Gasteiger partial charge on any atom is 0.165 e. The van der Waals surface area contributed by atoms with Crippen molar-refractivity contribution in [3.05, 3.63) is 29.6 Å². The maximum absolute atomic E-state index is 13.1. The van der Waals surface area contributed by atoms with Crippen LogP contribution in [-0.2, 0) is 0 Å². The Labute approximate surface area is 76.0 Å². The van der Waals surface area contributed by atoms with Crippen LogP contribution in [0.1, 0.15) is 18.5 Å². The molecule has 0 saturated heterocycles. The molecule has 0 aliphatic rings. The van der Waals surface area contributed by atoms with Crippen molar-refractivity contribution in [1.82, 2.24) is 0 Å². The second-order valence-corrected chi connectivity index (χ2v) is 2.70. The zero-order valence-corrected chi connectivity index (χ0v) is 7.54. The van der Waals surface area contributed by atoms with Gasteiger partial charge in [0.05, 0.1) is 13.2 Å². The predicted octanol–water partition coefficient (Wildman–Crippen LogP) is 2.93. The Hall–Kier alpha value is -1.45. The van der Waals surface area contributed by atoms with E-state index in [0.29, 0.717) is 5.56 Å². The van der Waals surface area contributed by atoms with Crippen LogP contribution in [0, 0.1) is 11.3 Å². The molecular formula is C9H11FN2O. The third kappa shape index (κ3) is 2.02.